The van der Waals surface area contributed by atoms with Crippen LogP contribution in [0.2, 0.25) is 5.02 Å². The Kier molecular flexibility index (Phi) is 4.75. The van der Waals surface area contributed by atoms with E-state index in [1.54, 1.807) is 18.2 Å². The van der Waals surface area contributed by atoms with Crippen molar-refractivity contribution in [1.29, 1.82) is 0 Å². The number of hydrogen-bond acceptors (Lipinski definition) is 2. The fourth-order valence-electron chi connectivity index (χ4n) is 1.74. The molecule has 0 aromatic heterocycles. The zero-order valence-corrected chi connectivity index (χ0v) is 12.0. The summed E-state index contributed by atoms with van der Waals surface area (Å²) in [6.07, 6.45) is 0. The van der Waals surface area contributed by atoms with Crippen molar-refractivity contribution in [3.05, 3.63) is 58.6 Å². The fourth-order valence-corrected chi connectivity index (χ4v) is 1.91. The third kappa shape index (κ3) is 3.92. The highest BCUT2D eigenvalue weighted by Gasteiger charge is 2.09. The van der Waals surface area contributed by atoms with E-state index in [-0.39, 0.29) is 18.1 Å². The smallest absolute Gasteiger partial charge is 0.243 e. The lowest BCUT2D eigenvalue weighted by molar-refractivity contribution is -0.114. The second-order valence-electron chi connectivity index (χ2n) is 4.46. The molecular formula is C15H13ClF2N2O. The van der Waals surface area contributed by atoms with Crippen LogP contribution in [-0.4, -0.2) is 12.5 Å². The summed E-state index contributed by atoms with van der Waals surface area (Å²) in [6.45, 7) is 1.64. The topological polar surface area (TPSA) is 41.1 Å². The Morgan fingerprint density at radius 3 is 2.71 bits per heavy atom. The van der Waals surface area contributed by atoms with Crippen LogP contribution in [0.3, 0.4) is 0 Å². The van der Waals surface area contributed by atoms with Gasteiger partial charge in [-0.05, 0) is 36.8 Å². The van der Waals surface area contributed by atoms with Gasteiger partial charge in [-0.25, -0.2) is 8.78 Å². The van der Waals surface area contributed by atoms with E-state index >= 15 is 0 Å². The molecule has 0 fully saturated rings. The minimum absolute atomic E-state index is 0.0621. The Bertz CT molecular complexity index is 677. The number of amides is 1. The van der Waals surface area contributed by atoms with Crippen LogP contribution in [0.25, 0.3) is 0 Å². The van der Waals surface area contributed by atoms with Gasteiger partial charge in [0.05, 0.1) is 12.2 Å². The predicted molar refractivity (Wildman–Crippen MR) is 79.7 cm³/mol. The molecule has 0 heterocycles. The number of hydrogen-bond donors (Lipinski definition) is 2. The molecule has 0 saturated heterocycles. The number of halogens is 3. The van der Waals surface area contributed by atoms with Crippen LogP contribution in [0.4, 0.5) is 20.2 Å². The Morgan fingerprint density at radius 1 is 1.19 bits per heavy atom. The standard InChI is InChI=1S/C15H13ClF2N2O/c1-9-5-6-10(16)7-13(9)20-14(21)8-19-12-4-2-3-11(17)15(12)18/h2-7,19H,8H2,1H3,(H,20,21). The SMILES string of the molecule is Cc1ccc(Cl)cc1NC(=O)CNc1cccc(F)c1F. The first-order chi connectivity index (χ1) is 9.97. The molecule has 0 atom stereocenters. The summed E-state index contributed by atoms with van der Waals surface area (Å²) >= 11 is 5.85. The van der Waals surface area contributed by atoms with Gasteiger partial charge in [0.1, 0.15) is 0 Å². The van der Waals surface area contributed by atoms with Gasteiger partial charge in [-0.3, -0.25) is 4.79 Å². The number of carbonyl (C=O) groups is 1. The van der Waals surface area contributed by atoms with Crippen molar-refractivity contribution >= 4 is 28.9 Å². The van der Waals surface area contributed by atoms with Crippen molar-refractivity contribution in [2.45, 2.75) is 6.92 Å². The van der Waals surface area contributed by atoms with Crippen molar-refractivity contribution < 1.29 is 13.6 Å². The van der Waals surface area contributed by atoms with Crippen LogP contribution >= 0.6 is 11.6 Å². The van der Waals surface area contributed by atoms with Crippen LogP contribution in [0.15, 0.2) is 36.4 Å². The molecule has 2 rings (SSSR count). The zero-order chi connectivity index (χ0) is 15.4. The van der Waals surface area contributed by atoms with Crippen molar-refractivity contribution in [1.82, 2.24) is 0 Å². The van der Waals surface area contributed by atoms with Gasteiger partial charge in [0.15, 0.2) is 11.6 Å². The minimum atomic E-state index is -1.01. The van der Waals surface area contributed by atoms with Gasteiger partial charge in [-0.1, -0.05) is 23.7 Å². The summed E-state index contributed by atoms with van der Waals surface area (Å²) < 4.78 is 26.4. The van der Waals surface area contributed by atoms with Gasteiger partial charge in [0.2, 0.25) is 5.91 Å². The van der Waals surface area contributed by atoms with Crippen LogP contribution < -0.4 is 10.6 Å². The molecular weight excluding hydrogens is 298 g/mol. The molecule has 0 aliphatic heterocycles. The summed E-state index contributed by atoms with van der Waals surface area (Å²) in [5, 5.41) is 5.70. The molecule has 0 spiro atoms. The zero-order valence-electron chi connectivity index (χ0n) is 11.2. The van der Waals surface area contributed by atoms with Gasteiger partial charge in [-0.15, -0.1) is 0 Å². The molecule has 2 aromatic carbocycles. The maximum absolute atomic E-state index is 13.4. The van der Waals surface area contributed by atoms with E-state index in [1.165, 1.54) is 12.1 Å². The Morgan fingerprint density at radius 2 is 1.95 bits per heavy atom. The molecule has 0 bridgehead atoms. The molecule has 21 heavy (non-hydrogen) atoms. The second-order valence-corrected chi connectivity index (χ2v) is 4.90. The summed E-state index contributed by atoms with van der Waals surface area (Å²) in [6, 6.07) is 8.84. The predicted octanol–water partition coefficient (Wildman–Crippen LogP) is 3.98. The van der Waals surface area contributed by atoms with Gasteiger partial charge < -0.3 is 10.6 Å². The Labute approximate surface area is 125 Å². The first kappa shape index (κ1) is 15.3. The maximum Gasteiger partial charge on any atom is 0.243 e. The molecule has 6 heteroatoms. The monoisotopic (exact) mass is 310 g/mol. The molecule has 2 aromatic rings. The van der Waals surface area contributed by atoms with E-state index in [9.17, 15) is 13.6 Å². The van der Waals surface area contributed by atoms with E-state index in [2.05, 4.69) is 10.6 Å². The van der Waals surface area contributed by atoms with Crippen LogP contribution in [-0.2, 0) is 4.79 Å². The summed E-state index contributed by atoms with van der Waals surface area (Å²) in [4.78, 5) is 11.8. The summed E-state index contributed by atoms with van der Waals surface area (Å²) in [5.41, 5.74) is 1.37. The molecule has 2 N–H and O–H groups in total. The first-order valence-electron chi connectivity index (χ1n) is 6.21. The average Bonchev–Trinajstić information content (AvgIpc) is 2.44. The first-order valence-corrected chi connectivity index (χ1v) is 6.59. The van der Waals surface area contributed by atoms with Crippen molar-refractivity contribution in [3.63, 3.8) is 0 Å². The molecule has 0 aliphatic carbocycles. The lowest BCUT2D eigenvalue weighted by Gasteiger charge is -2.11. The van der Waals surface area contributed by atoms with Crippen LogP contribution in [0.5, 0.6) is 0 Å². The minimum Gasteiger partial charge on any atom is -0.374 e. The number of aryl methyl sites for hydroxylation is 1. The summed E-state index contributed by atoms with van der Waals surface area (Å²) in [5.74, 6) is -2.36. The quantitative estimate of drug-likeness (QED) is 0.897. The number of anilines is 2. The highest BCUT2D eigenvalue weighted by atomic mass is 35.5. The number of benzene rings is 2. The highest BCUT2D eigenvalue weighted by molar-refractivity contribution is 6.31. The lowest BCUT2D eigenvalue weighted by atomic mass is 10.2. The molecule has 3 nitrogen and oxygen atoms in total. The maximum atomic E-state index is 13.4. The van der Waals surface area contributed by atoms with Gasteiger partial charge in [0.25, 0.3) is 0 Å². The van der Waals surface area contributed by atoms with Crippen LogP contribution in [0, 0.1) is 18.6 Å². The number of carbonyl (C=O) groups excluding carboxylic acids is 1. The molecule has 0 aliphatic rings. The third-order valence-electron chi connectivity index (χ3n) is 2.86. The molecule has 0 radical (unpaired) electrons. The third-order valence-corrected chi connectivity index (χ3v) is 3.10. The van der Waals surface area contributed by atoms with E-state index in [1.807, 2.05) is 6.92 Å². The molecule has 1 amide bonds. The largest absolute Gasteiger partial charge is 0.374 e. The molecule has 0 saturated carbocycles. The van der Waals surface area contributed by atoms with Crippen molar-refractivity contribution in [2.24, 2.45) is 0 Å². The van der Waals surface area contributed by atoms with Crippen LogP contribution in [0.1, 0.15) is 5.56 Å². The van der Waals surface area contributed by atoms with Gasteiger partial charge in [0, 0.05) is 10.7 Å². The lowest BCUT2D eigenvalue weighted by Crippen LogP contribution is -2.22. The van der Waals surface area contributed by atoms with Gasteiger partial charge >= 0.3 is 0 Å². The van der Waals surface area contributed by atoms with Crippen molar-refractivity contribution in [3.8, 4) is 0 Å². The molecule has 0 unspecified atom stereocenters. The van der Waals surface area contributed by atoms with Crippen molar-refractivity contribution in [2.75, 3.05) is 17.2 Å². The Balaban J connectivity index is 1.99. The number of nitrogens with one attached hydrogen (secondary N) is 2. The van der Waals surface area contributed by atoms with E-state index in [4.69, 9.17) is 11.6 Å². The van der Waals surface area contributed by atoms with E-state index in [0.717, 1.165) is 11.6 Å². The Hall–Kier alpha value is -2.14. The van der Waals surface area contributed by atoms with E-state index in [0.29, 0.717) is 10.7 Å². The van der Waals surface area contributed by atoms with Gasteiger partial charge in [-0.2, -0.15) is 0 Å². The molecule has 110 valence electrons. The normalized spacial score (nSPS) is 10.3. The fraction of sp³-hybridized carbons (Fsp3) is 0.133. The van der Waals surface area contributed by atoms with E-state index < -0.39 is 11.6 Å². The number of rotatable bonds is 4. The average molecular weight is 311 g/mol. The second kappa shape index (κ2) is 6.54. The highest BCUT2D eigenvalue weighted by Crippen LogP contribution is 2.20. The summed E-state index contributed by atoms with van der Waals surface area (Å²) in [7, 11) is 0.